The van der Waals surface area contributed by atoms with E-state index in [1.807, 2.05) is 11.6 Å². The van der Waals surface area contributed by atoms with Gasteiger partial charge in [0.2, 0.25) is 0 Å². The second-order valence-corrected chi connectivity index (χ2v) is 4.84. The molecule has 18 heavy (non-hydrogen) atoms. The van der Waals surface area contributed by atoms with Crippen LogP contribution in [0.25, 0.3) is 0 Å². The zero-order chi connectivity index (χ0) is 13.0. The van der Waals surface area contributed by atoms with Crippen LogP contribution in [0.2, 0.25) is 0 Å². The molecular formula is C11H17N5OS. The molecule has 2 aromatic heterocycles. The Morgan fingerprint density at radius 1 is 1.44 bits per heavy atom. The van der Waals surface area contributed by atoms with Crippen LogP contribution in [0.15, 0.2) is 6.33 Å². The van der Waals surface area contributed by atoms with Crippen molar-refractivity contribution in [2.24, 2.45) is 0 Å². The lowest BCUT2D eigenvalue weighted by Gasteiger charge is -2.09. The molecule has 2 rings (SSSR count). The number of rotatable bonds is 6. The normalized spacial score (nSPS) is 12.8. The Balaban J connectivity index is 2.11. The average Bonchev–Trinajstić information content (AvgIpc) is 2.98. The first-order chi connectivity index (χ1) is 8.76. The Kier molecular flexibility index (Phi) is 4.38. The van der Waals surface area contributed by atoms with Gasteiger partial charge in [-0.1, -0.05) is 18.3 Å². The molecule has 0 aromatic carbocycles. The van der Waals surface area contributed by atoms with Crippen LogP contribution >= 0.6 is 11.5 Å². The summed E-state index contributed by atoms with van der Waals surface area (Å²) in [7, 11) is 0. The molecule has 0 aliphatic rings. The molecule has 0 saturated carbocycles. The minimum atomic E-state index is -0.597. The van der Waals surface area contributed by atoms with E-state index in [-0.39, 0.29) is 0 Å². The molecule has 0 amide bonds. The number of aliphatic hydroxyl groups is 1. The van der Waals surface area contributed by atoms with Crippen molar-refractivity contribution in [3.8, 4) is 0 Å². The number of hydrogen-bond acceptors (Lipinski definition) is 6. The highest BCUT2D eigenvalue weighted by atomic mass is 32.1. The van der Waals surface area contributed by atoms with Crippen molar-refractivity contribution < 1.29 is 5.11 Å². The van der Waals surface area contributed by atoms with Crippen LogP contribution < -0.4 is 0 Å². The third-order valence-corrected chi connectivity index (χ3v) is 3.60. The van der Waals surface area contributed by atoms with Crippen LogP contribution in [-0.2, 0) is 19.4 Å². The average molecular weight is 267 g/mol. The fourth-order valence-electron chi connectivity index (χ4n) is 1.82. The minimum absolute atomic E-state index is 0.455. The van der Waals surface area contributed by atoms with Crippen LogP contribution in [0.3, 0.4) is 0 Å². The Hall–Kier alpha value is -1.34. The topological polar surface area (TPSA) is 76.7 Å². The van der Waals surface area contributed by atoms with Gasteiger partial charge in [0.25, 0.3) is 0 Å². The lowest BCUT2D eigenvalue weighted by molar-refractivity contribution is 0.176. The van der Waals surface area contributed by atoms with Gasteiger partial charge in [0.15, 0.2) is 0 Å². The summed E-state index contributed by atoms with van der Waals surface area (Å²) < 4.78 is 5.73. The zero-order valence-corrected chi connectivity index (χ0v) is 11.4. The first kappa shape index (κ1) is 13.1. The first-order valence-corrected chi connectivity index (χ1v) is 6.89. The Bertz CT molecular complexity index is 495. The molecule has 2 heterocycles. The van der Waals surface area contributed by atoms with Crippen molar-refractivity contribution >= 4 is 11.5 Å². The number of aromatic nitrogens is 5. The van der Waals surface area contributed by atoms with Crippen LogP contribution in [0.1, 0.15) is 42.8 Å². The smallest absolute Gasteiger partial charge is 0.138 e. The molecule has 1 unspecified atom stereocenters. The van der Waals surface area contributed by atoms with Gasteiger partial charge in [-0.25, -0.2) is 4.98 Å². The Labute approximate surface area is 110 Å². The largest absolute Gasteiger partial charge is 0.387 e. The molecule has 98 valence electrons. The van der Waals surface area contributed by atoms with E-state index in [2.05, 4.69) is 26.6 Å². The first-order valence-electron chi connectivity index (χ1n) is 6.12. The highest BCUT2D eigenvalue weighted by Crippen LogP contribution is 2.23. The molecule has 0 radical (unpaired) electrons. The highest BCUT2D eigenvalue weighted by Gasteiger charge is 2.18. The summed E-state index contributed by atoms with van der Waals surface area (Å²) in [5, 5.41) is 18.4. The van der Waals surface area contributed by atoms with Gasteiger partial charge in [0.1, 0.15) is 12.2 Å². The van der Waals surface area contributed by atoms with E-state index in [9.17, 15) is 5.11 Å². The van der Waals surface area contributed by atoms with Gasteiger partial charge in [-0.15, -0.1) is 5.10 Å². The summed E-state index contributed by atoms with van der Waals surface area (Å²) >= 11 is 1.25. The molecule has 0 aliphatic heterocycles. The number of aliphatic hydroxyl groups excluding tert-OH is 1. The van der Waals surface area contributed by atoms with E-state index in [0.717, 1.165) is 35.8 Å². The maximum Gasteiger partial charge on any atom is 0.138 e. The van der Waals surface area contributed by atoms with E-state index in [4.69, 9.17) is 0 Å². The number of hydrogen-bond donors (Lipinski definition) is 1. The molecular weight excluding hydrogens is 250 g/mol. The minimum Gasteiger partial charge on any atom is -0.387 e. The van der Waals surface area contributed by atoms with Crippen molar-refractivity contribution in [3.63, 3.8) is 0 Å². The van der Waals surface area contributed by atoms with Crippen molar-refractivity contribution in [1.29, 1.82) is 0 Å². The summed E-state index contributed by atoms with van der Waals surface area (Å²) in [4.78, 5) is 5.03. The standard InChI is InChI=1S/C11H17N5OS/c1-3-5-16-10(12-7-13-16)6-9(17)11-8(4-2)14-15-18-11/h7,9,17H,3-6H2,1-2H3. The lowest BCUT2D eigenvalue weighted by atomic mass is 10.1. The van der Waals surface area contributed by atoms with Crippen LogP contribution in [-0.4, -0.2) is 29.5 Å². The van der Waals surface area contributed by atoms with Gasteiger partial charge >= 0.3 is 0 Å². The van der Waals surface area contributed by atoms with Crippen molar-refractivity contribution in [2.45, 2.75) is 45.8 Å². The predicted octanol–water partition coefficient (Wildman–Crippen LogP) is 1.38. The maximum absolute atomic E-state index is 10.2. The molecule has 1 atom stereocenters. The molecule has 0 spiro atoms. The fraction of sp³-hybridized carbons (Fsp3) is 0.636. The molecule has 6 nitrogen and oxygen atoms in total. The van der Waals surface area contributed by atoms with E-state index in [0.29, 0.717) is 6.42 Å². The second kappa shape index (κ2) is 6.01. The zero-order valence-electron chi connectivity index (χ0n) is 10.6. The molecule has 7 heteroatoms. The summed E-state index contributed by atoms with van der Waals surface area (Å²) in [6.45, 7) is 4.92. The van der Waals surface area contributed by atoms with Crippen LogP contribution in [0.4, 0.5) is 0 Å². The van der Waals surface area contributed by atoms with Crippen LogP contribution in [0.5, 0.6) is 0 Å². The molecule has 0 aliphatic carbocycles. The van der Waals surface area contributed by atoms with Crippen molar-refractivity contribution in [3.05, 3.63) is 22.7 Å². The van der Waals surface area contributed by atoms with Gasteiger partial charge in [-0.2, -0.15) is 5.10 Å². The van der Waals surface area contributed by atoms with Gasteiger partial charge in [-0.05, 0) is 24.4 Å². The van der Waals surface area contributed by atoms with Gasteiger partial charge in [-0.3, -0.25) is 4.68 Å². The van der Waals surface area contributed by atoms with E-state index >= 15 is 0 Å². The third-order valence-electron chi connectivity index (χ3n) is 2.73. The predicted molar refractivity (Wildman–Crippen MR) is 68.3 cm³/mol. The second-order valence-electron chi connectivity index (χ2n) is 4.06. The quantitative estimate of drug-likeness (QED) is 0.855. The van der Waals surface area contributed by atoms with Crippen molar-refractivity contribution in [2.75, 3.05) is 0 Å². The van der Waals surface area contributed by atoms with Crippen molar-refractivity contribution in [1.82, 2.24) is 24.4 Å². The Morgan fingerprint density at radius 2 is 2.28 bits per heavy atom. The third kappa shape index (κ3) is 2.73. The summed E-state index contributed by atoms with van der Waals surface area (Å²) in [5.74, 6) is 0.805. The molecule has 0 bridgehead atoms. The molecule has 1 N–H and O–H groups in total. The SMILES string of the molecule is CCCn1ncnc1CC(O)c1snnc1CC. The summed E-state index contributed by atoms with van der Waals surface area (Å²) in [6, 6.07) is 0. The van der Waals surface area contributed by atoms with E-state index in [1.165, 1.54) is 17.9 Å². The molecule has 0 fully saturated rings. The summed E-state index contributed by atoms with van der Waals surface area (Å²) in [6.07, 6.45) is 3.17. The lowest BCUT2D eigenvalue weighted by Crippen LogP contribution is -2.10. The van der Waals surface area contributed by atoms with Gasteiger partial charge in [0, 0.05) is 13.0 Å². The number of nitrogens with zero attached hydrogens (tertiary/aromatic N) is 5. The number of aryl methyl sites for hydroxylation is 2. The monoisotopic (exact) mass is 267 g/mol. The maximum atomic E-state index is 10.2. The summed E-state index contributed by atoms with van der Waals surface area (Å²) in [5.41, 5.74) is 0.869. The fourth-order valence-corrected chi connectivity index (χ4v) is 2.55. The van der Waals surface area contributed by atoms with Gasteiger partial charge in [0.05, 0.1) is 16.7 Å². The highest BCUT2D eigenvalue weighted by molar-refractivity contribution is 7.05. The van der Waals surface area contributed by atoms with Gasteiger partial charge < -0.3 is 5.11 Å². The Morgan fingerprint density at radius 3 is 3.00 bits per heavy atom. The van der Waals surface area contributed by atoms with E-state index in [1.54, 1.807) is 0 Å². The van der Waals surface area contributed by atoms with E-state index < -0.39 is 6.10 Å². The molecule has 2 aromatic rings. The molecule has 0 saturated heterocycles. The van der Waals surface area contributed by atoms with Crippen LogP contribution in [0, 0.1) is 0 Å².